The number of primary amides is 1. The van der Waals surface area contributed by atoms with Crippen LogP contribution < -0.4 is 11.1 Å². The van der Waals surface area contributed by atoms with Crippen LogP contribution in [0.4, 0.5) is 4.39 Å². The van der Waals surface area contributed by atoms with Crippen LogP contribution in [0.3, 0.4) is 0 Å². The lowest BCUT2D eigenvalue weighted by Crippen LogP contribution is -2.27. The molecule has 0 bridgehead atoms. The summed E-state index contributed by atoms with van der Waals surface area (Å²) >= 11 is 0. The van der Waals surface area contributed by atoms with Gasteiger partial charge in [0.15, 0.2) is 5.69 Å². The highest BCUT2D eigenvalue weighted by atomic mass is 19.1. The van der Waals surface area contributed by atoms with Crippen LogP contribution in [-0.4, -0.2) is 28.1 Å². The molecule has 4 rings (SSSR count). The number of hydrogen-bond acceptors (Lipinski definition) is 3. The number of rotatable bonds is 6. The standard InChI is InChI=1S/C22H21FN4O2/c23-16-7-9-17(10-8-16)27-19-6-2-5-18(19)20(26-27)22(29)25-12-11-14-3-1-4-15(13-14)21(24)28/h1,3-4,7-10,13H,2,5-6,11-12H2,(H2,24,28)(H,25,29). The van der Waals surface area contributed by atoms with Gasteiger partial charge in [-0.1, -0.05) is 12.1 Å². The van der Waals surface area contributed by atoms with E-state index in [4.69, 9.17) is 5.73 Å². The summed E-state index contributed by atoms with van der Waals surface area (Å²) in [4.78, 5) is 24.0. The van der Waals surface area contributed by atoms with Gasteiger partial charge in [0, 0.05) is 23.4 Å². The third kappa shape index (κ3) is 3.89. The van der Waals surface area contributed by atoms with E-state index in [1.165, 1.54) is 12.1 Å². The van der Waals surface area contributed by atoms with Crippen molar-refractivity contribution < 1.29 is 14.0 Å². The average molecular weight is 392 g/mol. The summed E-state index contributed by atoms with van der Waals surface area (Å²) in [5.41, 5.74) is 9.81. The van der Waals surface area contributed by atoms with Crippen molar-refractivity contribution in [3.8, 4) is 5.69 Å². The first-order chi connectivity index (χ1) is 14.0. The van der Waals surface area contributed by atoms with Gasteiger partial charge < -0.3 is 11.1 Å². The molecule has 6 nitrogen and oxygen atoms in total. The molecule has 2 aromatic carbocycles. The Morgan fingerprint density at radius 2 is 1.93 bits per heavy atom. The van der Waals surface area contributed by atoms with E-state index in [9.17, 15) is 14.0 Å². The molecule has 0 fully saturated rings. The third-order valence-electron chi connectivity index (χ3n) is 5.13. The molecular formula is C22H21FN4O2. The zero-order valence-electron chi connectivity index (χ0n) is 15.8. The van der Waals surface area contributed by atoms with Crippen LogP contribution in [-0.2, 0) is 19.3 Å². The third-order valence-corrected chi connectivity index (χ3v) is 5.13. The number of nitrogens with one attached hydrogen (secondary N) is 1. The second kappa shape index (κ2) is 7.87. The number of fused-ring (bicyclic) bond motifs is 1. The number of hydrogen-bond donors (Lipinski definition) is 2. The normalized spacial score (nSPS) is 12.6. The molecule has 29 heavy (non-hydrogen) atoms. The molecule has 0 radical (unpaired) electrons. The zero-order chi connectivity index (χ0) is 20.4. The molecule has 3 N–H and O–H groups in total. The van der Waals surface area contributed by atoms with Crippen molar-refractivity contribution >= 4 is 11.8 Å². The number of benzene rings is 2. The Bertz CT molecular complexity index is 1070. The largest absolute Gasteiger partial charge is 0.366 e. The summed E-state index contributed by atoms with van der Waals surface area (Å²) in [5.74, 6) is -1.01. The van der Waals surface area contributed by atoms with E-state index < -0.39 is 5.91 Å². The van der Waals surface area contributed by atoms with Crippen LogP contribution in [0.25, 0.3) is 5.69 Å². The summed E-state index contributed by atoms with van der Waals surface area (Å²) in [6, 6.07) is 13.2. The molecule has 1 aromatic heterocycles. The highest BCUT2D eigenvalue weighted by molar-refractivity contribution is 5.94. The van der Waals surface area contributed by atoms with Crippen LogP contribution in [0.15, 0.2) is 48.5 Å². The van der Waals surface area contributed by atoms with Crippen LogP contribution in [0, 0.1) is 5.82 Å². The van der Waals surface area contributed by atoms with E-state index in [2.05, 4.69) is 10.4 Å². The molecule has 3 aromatic rings. The zero-order valence-corrected chi connectivity index (χ0v) is 15.8. The van der Waals surface area contributed by atoms with Crippen molar-refractivity contribution in [2.45, 2.75) is 25.7 Å². The van der Waals surface area contributed by atoms with Gasteiger partial charge in [0.2, 0.25) is 5.91 Å². The quantitative estimate of drug-likeness (QED) is 0.676. The Morgan fingerprint density at radius 1 is 1.14 bits per heavy atom. The van der Waals surface area contributed by atoms with E-state index in [-0.39, 0.29) is 11.7 Å². The lowest BCUT2D eigenvalue weighted by molar-refractivity contribution is 0.0946. The minimum atomic E-state index is -0.474. The Morgan fingerprint density at radius 3 is 2.69 bits per heavy atom. The number of halogens is 1. The van der Waals surface area contributed by atoms with Crippen molar-refractivity contribution in [2.24, 2.45) is 5.73 Å². The Hall–Kier alpha value is -3.48. The molecule has 0 aliphatic heterocycles. The molecule has 2 amide bonds. The fraction of sp³-hybridized carbons (Fsp3) is 0.227. The predicted octanol–water partition coefficient (Wildman–Crippen LogP) is 2.57. The SMILES string of the molecule is NC(=O)c1cccc(CCNC(=O)c2nn(-c3ccc(F)cc3)c3c2CCC3)c1. The molecule has 0 unspecified atom stereocenters. The minimum Gasteiger partial charge on any atom is -0.366 e. The first-order valence-corrected chi connectivity index (χ1v) is 9.56. The number of nitrogens with two attached hydrogens (primary N) is 1. The molecule has 0 saturated heterocycles. The van der Waals surface area contributed by atoms with Crippen LogP contribution in [0.1, 0.15) is 44.1 Å². The molecule has 1 heterocycles. The van der Waals surface area contributed by atoms with Crippen molar-refractivity contribution in [3.05, 3.63) is 82.4 Å². The van der Waals surface area contributed by atoms with Crippen molar-refractivity contribution in [2.75, 3.05) is 6.54 Å². The number of carbonyl (C=O) groups excluding carboxylic acids is 2. The second-order valence-corrected chi connectivity index (χ2v) is 7.09. The molecule has 7 heteroatoms. The molecule has 1 aliphatic rings. The van der Waals surface area contributed by atoms with Gasteiger partial charge in [0.1, 0.15) is 5.82 Å². The fourth-order valence-electron chi connectivity index (χ4n) is 3.70. The van der Waals surface area contributed by atoms with Gasteiger partial charge >= 0.3 is 0 Å². The van der Waals surface area contributed by atoms with Gasteiger partial charge in [-0.05, 0) is 67.6 Å². The average Bonchev–Trinajstić information content (AvgIpc) is 3.32. The summed E-state index contributed by atoms with van der Waals surface area (Å²) < 4.78 is 15.0. The van der Waals surface area contributed by atoms with Crippen LogP contribution in [0.5, 0.6) is 0 Å². The molecule has 148 valence electrons. The lowest BCUT2D eigenvalue weighted by atomic mass is 10.1. The van der Waals surface area contributed by atoms with Gasteiger partial charge in [-0.2, -0.15) is 5.10 Å². The van der Waals surface area contributed by atoms with Crippen LogP contribution >= 0.6 is 0 Å². The number of carbonyl (C=O) groups is 2. The predicted molar refractivity (Wildman–Crippen MR) is 107 cm³/mol. The highest BCUT2D eigenvalue weighted by Crippen LogP contribution is 2.27. The highest BCUT2D eigenvalue weighted by Gasteiger charge is 2.26. The van der Waals surface area contributed by atoms with Gasteiger partial charge in [0.05, 0.1) is 5.69 Å². The smallest absolute Gasteiger partial charge is 0.272 e. The molecular weight excluding hydrogens is 371 g/mol. The minimum absolute atomic E-state index is 0.227. The number of amides is 2. The van der Waals surface area contributed by atoms with E-state index >= 15 is 0 Å². The van der Waals surface area contributed by atoms with Gasteiger partial charge in [-0.3, -0.25) is 9.59 Å². The first kappa shape index (κ1) is 18.9. The summed E-state index contributed by atoms with van der Waals surface area (Å²) in [6.45, 7) is 0.416. The monoisotopic (exact) mass is 392 g/mol. The van der Waals surface area contributed by atoms with Crippen LogP contribution in [0.2, 0.25) is 0 Å². The maximum atomic E-state index is 13.2. The van der Waals surface area contributed by atoms with E-state index in [1.54, 1.807) is 35.0 Å². The van der Waals surface area contributed by atoms with E-state index in [1.807, 2.05) is 6.07 Å². The molecule has 0 spiro atoms. The molecule has 0 atom stereocenters. The summed E-state index contributed by atoms with van der Waals surface area (Å²) in [7, 11) is 0. The van der Waals surface area contributed by atoms with E-state index in [0.29, 0.717) is 24.2 Å². The first-order valence-electron chi connectivity index (χ1n) is 9.56. The Balaban J connectivity index is 1.48. The van der Waals surface area contributed by atoms with Gasteiger partial charge in [0.25, 0.3) is 5.91 Å². The molecule has 1 aliphatic carbocycles. The second-order valence-electron chi connectivity index (χ2n) is 7.09. The van der Waals surface area contributed by atoms with Gasteiger partial charge in [-0.25, -0.2) is 9.07 Å². The summed E-state index contributed by atoms with van der Waals surface area (Å²) in [5, 5.41) is 7.42. The van der Waals surface area contributed by atoms with Gasteiger partial charge in [-0.15, -0.1) is 0 Å². The fourth-order valence-corrected chi connectivity index (χ4v) is 3.70. The lowest BCUT2D eigenvalue weighted by Gasteiger charge is -2.06. The van der Waals surface area contributed by atoms with E-state index in [0.717, 1.165) is 41.8 Å². The van der Waals surface area contributed by atoms with Crippen molar-refractivity contribution in [1.82, 2.24) is 15.1 Å². The Labute approximate surface area is 167 Å². The van der Waals surface area contributed by atoms with Crippen molar-refractivity contribution in [3.63, 3.8) is 0 Å². The maximum Gasteiger partial charge on any atom is 0.272 e. The maximum absolute atomic E-state index is 13.2. The number of aromatic nitrogens is 2. The molecule has 0 saturated carbocycles. The topological polar surface area (TPSA) is 90.0 Å². The number of nitrogens with zero attached hydrogens (tertiary/aromatic N) is 2. The Kier molecular flexibility index (Phi) is 5.12. The van der Waals surface area contributed by atoms with Crippen molar-refractivity contribution in [1.29, 1.82) is 0 Å². The summed E-state index contributed by atoms with van der Waals surface area (Å²) in [6.07, 6.45) is 3.19.